The van der Waals surface area contributed by atoms with Gasteiger partial charge in [-0.1, -0.05) is 60.7 Å². The molecule has 2 fully saturated rings. The highest BCUT2D eigenvalue weighted by Gasteiger charge is 2.32. The van der Waals surface area contributed by atoms with Crippen LogP contribution in [-0.2, 0) is 14.3 Å². The van der Waals surface area contributed by atoms with Crippen molar-refractivity contribution < 1.29 is 14.3 Å². The molecule has 1 unspecified atom stereocenters. The molecule has 5 nitrogen and oxygen atoms in total. The number of nitrogens with one attached hydrogen (secondary N) is 1. The average molecular weight is 392 g/mol. The number of nitrogens with zero attached hydrogens (tertiary/aromatic N) is 1. The lowest BCUT2D eigenvalue weighted by Crippen LogP contribution is -2.49. The molecule has 1 N–H and O–H groups in total. The molecule has 5 heteroatoms. The van der Waals surface area contributed by atoms with Crippen molar-refractivity contribution in [2.75, 3.05) is 19.7 Å². The molecule has 2 aromatic rings. The molecule has 2 amide bonds. The van der Waals surface area contributed by atoms with Crippen molar-refractivity contribution >= 4 is 11.8 Å². The summed E-state index contributed by atoms with van der Waals surface area (Å²) in [5, 5.41) is 3.24. The second-order valence-corrected chi connectivity index (χ2v) is 7.86. The number of carbonyl (C=O) groups is 2. The van der Waals surface area contributed by atoms with Crippen molar-refractivity contribution in [3.8, 4) is 0 Å². The van der Waals surface area contributed by atoms with E-state index in [-0.39, 0.29) is 29.9 Å². The largest absolute Gasteiger partial charge is 0.368 e. The minimum Gasteiger partial charge on any atom is -0.368 e. The highest BCUT2D eigenvalue weighted by atomic mass is 16.5. The van der Waals surface area contributed by atoms with Crippen LogP contribution < -0.4 is 5.32 Å². The fourth-order valence-electron chi connectivity index (χ4n) is 4.29. The highest BCUT2D eigenvalue weighted by molar-refractivity contribution is 5.87. The number of hydrogen-bond acceptors (Lipinski definition) is 3. The number of benzene rings is 2. The normalized spacial score (nSPS) is 20.0. The summed E-state index contributed by atoms with van der Waals surface area (Å²) in [5.74, 6) is -0.200. The van der Waals surface area contributed by atoms with Gasteiger partial charge >= 0.3 is 0 Å². The van der Waals surface area contributed by atoms with Gasteiger partial charge in [-0.05, 0) is 36.8 Å². The monoisotopic (exact) mass is 392 g/mol. The lowest BCUT2D eigenvalue weighted by atomic mass is 9.90. The molecule has 0 radical (unpaired) electrons. The molecule has 2 heterocycles. The maximum absolute atomic E-state index is 13.2. The summed E-state index contributed by atoms with van der Waals surface area (Å²) in [6, 6.07) is 19.9. The Balaban J connectivity index is 1.39. The fraction of sp³-hybridized carbons (Fsp3) is 0.417. The Morgan fingerprint density at radius 3 is 2.00 bits per heavy atom. The summed E-state index contributed by atoms with van der Waals surface area (Å²) >= 11 is 0. The molecular formula is C24H28N2O3. The van der Waals surface area contributed by atoms with Gasteiger partial charge in [-0.2, -0.15) is 0 Å². The van der Waals surface area contributed by atoms with Crippen molar-refractivity contribution in [3.05, 3.63) is 71.8 Å². The van der Waals surface area contributed by atoms with Crippen LogP contribution in [0.5, 0.6) is 0 Å². The Morgan fingerprint density at radius 1 is 0.897 bits per heavy atom. The maximum atomic E-state index is 13.2. The molecule has 0 spiro atoms. The van der Waals surface area contributed by atoms with Gasteiger partial charge in [0.15, 0.2) is 0 Å². The first-order chi connectivity index (χ1) is 14.2. The molecule has 29 heavy (non-hydrogen) atoms. The number of likely N-dealkylation sites (tertiary alicyclic amines) is 1. The third kappa shape index (κ3) is 4.67. The molecule has 2 aliphatic heterocycles. The first-order valence-corrected chi connectivity index (χ1v) is 10.5. The van der Waals surface area contributed by atoms with Crippen LogP contribution in [0.2, 0.25) is 0 Å². The van der Waals surface area contributed by atoms with E-state index in [9.17, 15) is 9.59 Å². The van der Waals surface area contributed by atoms with Gasteiger partial charge < -0.3 is 15.0 Å². The van der Waals surface area contributed by atoms with E-state index >= 15 is 0 Å². The van der Waals surface area contributed by atoms with Gasteiger partial charge in [0.1, 0.15) is 6.10 Å². The van der Waals surface area contributed by atoms with Crippen molar-refractivity contribution in [2.45, 2.75) is 43.7 Å². The van der Waals surface area contributed by atoms with Crippen molar-refractivity contribution in [3.63, 3.8) is 0 Å². The lowest BCUT2D eigenvalue weighted by Gasteiger charge is -2.34. The molecule has 152 valence electrons. The Hall–Kier alpha value is -2.66. The number of piperidine rings is 1. The number of amides is 2. The maximum Gasteiger partial charge on any atom is 0.251 e. The Bertz CT molecular complexity index is 771. The van der Waals surface area contributed by atoms with Crippen molar-refractivity contribution in [2.24, 2.45) is 0 Å². The first kappa shape index (κ1) is 19.6. The molecule has 0 aliphatic carbocycles. The summed E-state index contributed by atoms with van der Waals surface area (Å²) in [7, 11) is 0. The molecule has 4 rings (SSSR count). The van der Waals surface area contributed by atoms with E-state index in [1.54, 1.807) is 0 Å². The van der Waals surface area contributed by atoms with Crippen molar-refractivity contribution in [1.82, 2.24) is 10.2 Å². The number of rotatable bonds is 5. The number of carbonyl (C=O) groups excluding carboxylic acids is 2. The fourth-order valence-corrected chi connectivity index (χ4v) is 4.29. The second kappa shape index (κ2) is 9.23. The van der Waals surface area contributed by atoms with Crippen LogP contribution in [-0.4, -0.2) is 48.6 Å². The summed E-state index contributed by atoms with van der Waals surface area (Å²) in [5.41, 5.74) is 1.98. The van der Waals surface area contributed by atoms with E-state index in [1.165, 1.54) is 0 Å². The Labute approximate surface area is 172 Å². The predicted octanol–water partition coefficient (Wildman–Crippen LogP) is 3.10. The van der Waals surface area contributed by atoms with Crippen LogP contribution in [0.4, 0.5) is 0 Å². The zero-order valence-corrected chi connectivity index (χ0v) is 16.6. The molecule has 0 saturated carbocycles. The molecule has 1 atom stereocenters. The lowest BCUT2D eigenvalue weighted by molar-refractivity contribution is -0.142. The minimum absolute atomic E-state index is 0.0197. The molecule has 0 aromatic heterocycles. The summed E-state index contributed by atoms with van der Waals surface area (Å²) in [6.45, 7) is 2.03. The smallest absolute Gasteiger partial charge is 0.251 e. The van der Waals surface area contributed by atoms with Crippen LogP contribution in [0.25, 0.3) is 0 Å². The molecule has 2 saturated heterocycles. The summed E-state index contributed by atoms with van der Waals surface area (Å²) in [4.78, 5) is 27.6. The minimum atomic E-state index is -0.330. The molecular weight excluding hydrogens is 364 g/mol. The number of ether oxygens (including phenoxy) is 1. The first-order valence-electron chi connectivity index (χ1n) is 10.5. The van der Waals surface area contributed by atoms with E-state index in [1.807, 2.05) is 65.6 Å². The van der Waals surface area contributed by atoms with Gasteiger partial charge in [-0.3, -0.25) is 9.59 Å². The van der Waals surface area contributed by atoms with Gasteiger partial charge in [0.2, 0.25) is 5.91 Å². The number of hydrogen-bond donors (Lipinski definition) is 1. The van der Waals surface area contributed by atoms with Gasteiger partial charge in [0, 0.05) is 25.7 Å². The predicted molar refractivity (Wildman–Crippen MR) is 111 cm³/mol. The summed E-state index contributed by atoms with van der Waals surface area (Å²) < 4.78 is 5.53. The standard InChI is InChI=1S/C24H28N2O3/c27-23(22(18-8-3-1-4-9-18)19-10-5-2-6-11-19)25-20-13-15-26(16-14-20)24(28)21-12-7-17-29-21/h1-6,8-11,20-22H,7,12-17H2,(H,25,27). The molecule has 0 bridgehead atoms. The SMILES string of the molecule is O=C(NC1CCN(C(=O)C2CCCO2)CC1)C(c1ccccc1)c1ccccc1. The quantitative estimate of drug-likeness (QED) is 0.851. The van der Waals surface area contributed by atoms with Gasteiger partial charge in [-0.15, -0.1) is 0 Å². The van der Waals surface area contributed by atoms with E-state index in [0.717, 1.165) is 36.8 Å². The van der Waals surface area contributed by atoms with E-state index < -0.39 is 0 Å². The van der Waals surface area contributed by atoms with E-state index in [4.69, 9.17) is 4.74 Å². The zero-order valence-electron chi connectivity index (χ0n) is 16.6. The topological polar surface area (TPSA) is 58.6 Å². The third-order valence-electron chi connectivity index (χ3n) is 5.89. The van der Waals surface area contributed by atoms with E-state index in [2.05, 4.69) is 5.32 Å². The molecule has 2 aliphatic rings. The summed E-state index contributed by atoms with van der Waals surface area (Å²) in [6.07, 6.45) is 3.08. The molecule has 2 aromatic carbocycles. The van der Waals surface area contributed by atoms with Crippen LogP contribution in [0.3, 0.4) is 0 Å². The second-order valence-electron chi connectivity index (χ2n) is 7.86. The Kier molecular flexibility index (Phi) is 6.25. The Morgan fingerprint density at radius 2 is 1.48 bits per heavy atom. The van der Waals surface area contributed by atoms with Crippen LogP contribution in [0.15, 0.2) is 60.7 Å². The van der Waals surface area contributed by atoms with Gasteiger partial charge in [0.25, 0.3) is 5.91 Å². The van der Waals surface area contributed by atoms with E-state index in [0.29, 0.717) is 19.7 Å². The third-order valence-corrected chi connectivity index (χ3v) is 5.89. The van der Waals surface area contributed by atoms with Crippen LogP contribution in [0, 0.1) is 0 Å². The van der Waals surface area contributed by atoms with Crippen LogP contribution in [0.1, 0.15) is 42.7 Å². The van der Waals surface area contributed by atoms with Crippen molar-refractivity contribution in [1.29, 1.82) is 0 Å². The zero-order chi connectivity index (χ0) is 20.1. The van der Waals surface area contributed by atoms with Gasteiger partial charge in [-0.25, -0.2) is 0 Å². The average Bonchev–Trinajstić information content (AvgIpc) is 3.30. The van der Waals surface area contributed by atoms with Gasteiger partial charge in [0.05, 0.1) is 5.92 Å². The van der Waals surface area contributed by atoms with Crippen LogP contribution >= 0.6 is 0 Å². The highest BCUT2D eigenvalue weighted by Crippen LogP contribution is 2.26.